The van der Waals surface area contributed by atoms with Gasteiger partial charge in [-0.3, -0.25) is 5.41 Å². The number of nitrogens with zero attached hydrogens (tertiary/aromatic N) is 3. The summed E-state index contributed by atoms with van der Waals surface area (Å²) in [6.07, 6.45) is 3.52. The molecule has 7 heteroatoms. The van der Waals surface area contributed by atoms with Gasteiger partial charge in [0.15, 0.2) is 5.82 Å². The van der Waals surface area contributed by atoms with Crippen LogP contribution in [0.5, 0.6) is 0 Å². The molecule has 1 aromatic heterocycles. The number of benzene rings is 1. The van der Waals surface area contributed by atoms with Crippen molar-refractivity contribution in [3.63, 3.8) is 0 Å². The standard InChI is InChI=1S/C16H19ClN6/c17-12-4-2-1-3-11(12)14(19)15-16(20)22-13(9-21-15)23-7-5-10(18)6-8-23/h1-4,9-10,19H,5-8,18H2,(H2,20,22). The molecule has 0 radical (unpaired) electrons. The van der Waals surface area contributed by atoms with Crippen LogP contribution >= 0.6 is 11.6 Å². The van der Waals surface area contributed by atoms with E-state index in [-0.39, 0.29) is 17.6 Å². The summed E-state index contributed by atoms with van der Waals surface area (Å²) in [6.45, 7) is 1.69. The second kappa shape index (κ2) is 6.52. The Morgan fingerprint density at radius 1 is 1.26 bits per heavy atom. The first kappa shape index (κ1) is 15.7. The van der Waals surface area contributed by atoms with Gasteiger partial charge in [0.1, 0.15) is 11.5 Å². The second-order valence-electron chi connectivity index (χ2n) is 5.64. The van der Waals surface area contributed by atoms with E-state index < -0.39 is 0 Å². The number of anilines is 2. The molecule has 1 fully saturated rings. The van der Waals surface area contributed by atoms with Crippen molar-refractivity contribution in [2.24, 2.45) is 5.73 Å². The van der Waals surface area contributed by atoms with Crippen molar-refractivity contribution >= 4 is 28.9 Å². The average molecular weight is 331 g/mol. The number of halogens is 1. The molecule has 1 aromatic carbocycles. The third-order valence-corrected chi connectivity index (χ3v) is 4.36. The van der Waals surface area contributed by atoms with E-state index >= 15 is 0 Å². The first-order valence-electron chi connectivity index (χ1n) is 7.53. The Balaban J connectivity index is 1.85. The number of hydrogen-bond donors (Lipinski definition) is 3. The van der Waals surface area contributed by atoms with Gasteiger partial charge in [-0.05, 0) is 18.9 Å². The molecule has 1 aliphatic rings. The summed E-state index contributed by atoms with van der Waals surface area (Å²) in [4.78, 5) is 10.9. The van der Waals surface area contributed by atoms with Crippen molar-refractivity contribution in [3.8, 4) is 0 Å². The maximum Gasteiger partial charge on any atom is 0.154 e. The molecule has 0 saturated carbocycles. The highest BCUT2D eigenvalue weighted by atomic mass is 35.5. The molecule has 3 rings (SSSR count). The van der Waals surface area contributed by atoms with Gasteiger partial charge in [-0.2, -0.15) is 0 Å². The molecule has 120 valence electrons. The van der Waals surface area contributed by atoms with Crippen LogP contribution in [-0.4, -0.2) is 34.8 Å². The van der Waals surface area contributed by atoms with Gasteiger partial charge >= 0.3 is 0 Å². The van der Waals surface area contributed by atoms with E-state index in [0.717, 1.165) is 31.7 Å². The molecule has 2 heterocycles. The van der Waals surface area contributed by atoms with Crippen molar-refractivity contribution < 1.29 is 0 Å². The number of nitrogens with two attached hydrogens (primary N) is 2. The molecule has 6 nitrogen and oxygen atoms in total. The van der Waals surface area contributed by atoms with Crippen LogP contribution in [-0.2, 0) is 0 Å². The summed E-state index contributed by atoms with van der Waals surface area (Å²) in [6, 6.07) is 7.40. The maximum atomic E-state index is 8.30. The van der Waals surface area contributed by atoms with Crippen molar-refractivity contribution in [2.75, 3.05) is 23.7 Å². The average Bonchev–Trinajstić information content (AvgIpc) is 2.55. The molecule has 1 aliphatic heterocycles. The summed E-state index contributed by atoms with van der Waals surface area (Å²) in [7, 11) is 0. The fraction of sp³-hybridized carbons (Fsp3) is 0.312. The molecular formula is C16H19ClN6. The van der Waals surface area contributed by atoms with E-state index in [2.05, 4.69) is 14.9 Å². The van der Waals surface area contributed by atoms with Crippen LogP contribution in [0.1, 0.15) is 24.1 Å². The van der Waals surface area contributed by atoms with Crippen molar-refractivity contribution in [1.29, 1.82) is 5.41 Å². The Labute approximate surface area is 140 Å². The van der Waals surface area contributed by atoms with Gasteiger partial charge in [0.25, 0.3) is 0 Å². The Kier molecular flexibility index (Phi) is 4.45. The molecule has 0 amide bonds. The number of nitrogen functional groups attached to an aromatic ring is 1. The topological polar surface area (TPSA) is 105 Å². The summed E-state index contributed by atoms with van der Waals surface area (Å²) >= 11 is 6.14. The lowest BCUT2D eigenvalue weighted by molar-refractivity contribution is 0.498. The molecule has 5 N–H and O–H groups in total. The van der Waals surface area contributed by atoms with E-state index in [9.17, 15) is 0 Å². The zero-order valence-electron chi connectivity index (χ0n) is 12.7. The number of rotatable bonds is 3. The predicted octanol–water partition coefficient (Wildman–Crippen LogP) is 2.06. The van der Waals surface area contributed by atoms with E-state index in [1.54, 1.807) is 18.3 Å². The summed E-state index contributed by atoms with van der Waals surface area (Å²) in [5.41, 5.74) is 13.1. The largest absolute Gasteiger partial charge is 0.382 e. The van der Waals surface area contributed by atoms with Crippen molar-refractivity contribution in [1.82, 2.24) is 9.97 Å². The number of piperidine rings is 1. The Bertz CT molecular complexity index is 724. The Morgan fingerprint density at radius 3 is 2.61 bits per heavy atom. The van der Waals surface area contributed by atoms with Crippen LogP contribution in [0, 0.1) is 5.41 Å². The minimum atomic E-state index is 0.174. The molecule has 1 saturated heterocycles. The minimum Gasteiger partial charge on any atom is -0.382 e. The molecule has 0 unspecified atom stereocenters. The van der Waals surface area contributed by atoms with Gasteiger partial charge in [-0.1, -0.05) is 29.8 Å². The Morgan fingerprint density at radius 2 is 1.96 bits per heavy atom. The van der Waals surface area contributed by atoms with Crippen molar-refractivity contribution in [3.05, 3.63) is 46.7 Å². The molecule has 23 heavy (non-hydrogen) atoms. The fourth-order valence-electron chi connectivity index (χ4n) is 2.66. The zero-order chi connectivity index (χ0) is 16.4. The molecule has 0 spiro atoms. The van der Waals surface area contributed by atoms with E-state index in [4.69, 9.17) is 28.5 Å². The highest BCUT2D eigenvalue weighted by molar-refractivity contribution is 6.35. The molecule has 0 atom stereocenters. The summed E-state index contributed by atoms with van der Waals surface area (Å²) in [5, 5.41) is 8.79. The molecular weight excluding hydrogens is 312 g/mol. The monoisotopic (exact) mass is 330 g/mol. The van der Waals surface area contributed by atoms with Crippen LogP contribution in [0.25, 0.3) is 0 Å². The molecule has 2 aromatic rings. The molecule has 0 bridgehead atoms. The number of aromatic nitrogens is 2. The lowest BCUT2D eigenvalue weighted by atomic mass is 10.1. The predicted molar refractivity (Wildman–Crippen MR) is 93.2 cm³/mol. The van der Waals surface area contributed by atoms with Gasteiger partial charge in [0, 0.05) is 24.7 Å². The van der Waals surface area contributed by atoms with Gasteiger partial charge < -0.3 is 16.4 Å². The van der Waals surface area contributed by atoms with E-state index in [1.165, 1.54) is 0 Å². The third-order valence-electron chi connectivity index (χ3n) is 4.03. The highest BCUT2D eigenvalue weighted by Gasteiger charge is 2.20. The van der Waals surface area contributed by atoms with Crippen molar-refractivity contribution in [2.45, 2.75) is 18.9 Å². The number of nitrogens with one attached hydrogen (secondary N) is 1. The van der Waals surface area contributed by atoms with Gasteiger partial charge in [0.2, 0.25) is 0 Å². The SMILES string of the molecule is N=C(c1ccccc1Cl)c1ncc(N2CCC(N)CC2)nc1N. The van der Waals surface area contributed by atoms with Gasteiger partial charge in [0.05, 0.1) is 16.9 Å². The summed E-state index contributed by atoms with van der Waals surface area (Å²) < 4.78 is 0. The molecule has 0 aliphatic carbocycles. The van der Waals surface area contributed by atoms with Gasteiger partial charge in [-0.15, -0.1) is 0 Å². The third kappa shape index (κ3) is 3.28. The maximum absolute atomic E-state index is 8.30. The lowest BCUT2D eigenvalue weighted by Gasteiger charge is -2.31. The number of hydrogen-bond acceptors (Lipinski definition) is 6. The first-order valence-corrected chi connectivity index (χ1v) is 7.91. The van der Waals surface area contributed by atoms with Crippen LogP contribution in [0.3, 0.4) is 0 Å². The minimum absolute atomic E-state index is 0.174. The second-order valence-corrected chi connectivity index (χ2v) is 6.05. The lowest BCUT2D eigenvalue weighted by Crippen LogP contribution is -2.40. The Hall–Kier alpha value is -2.18. The normalized spacial score (nSPS) is 15.7. The van der Waals surface area contributed by atoms with Crippen LogP contribution in [0.15, 0.2) is 30.5 Å². The van der Waals surface area contributed by atoms with Crippen LogP contribution in [0.2, 0.25) is 5.02 Å². The highest BCUT2D eigenvalue weighted by Crippen LogP contribution is 2.23. The smallest absolute Gasteiger partial charge is 0.154 e. The zero-order valence-corrected chi connectivity index (χ0v) is 13.4. The van der Waals surface area contributed by atoms with Gasteiger partial charge in [-0.25, -0.2) is 9.97 Å². The van der Waals surface area contributed by atoms with Crippen LogP contribution < -0.4 is 16.4 Å². The fourth-order valence-corrected chi connectivity index (χ4v) is 2.89. The quantitative estimate of drug-likeness (QED) is 0.747. The first-order chi connectivity index (χ1) is 11.1. The van der Waals surface area contributed by atoms with E-state index in [1.807, 2.05) is 12.1 Å². The van der Waals surface area contributed by atoms with E-state index in [0.29, 0.717) is 16.3 Å². The van der Waals surface area contributed by atoms with Crippen LogP contribution in [0.4, 0.5) is 11.6 Å². The summed E-state index contributed by atoms with van der Waals surface area (Å²) in [5.74, 6) is 0.965.